The van der Waals surface area contributed by atoms with Crippen molar-refractivity contribution in [1.29, 1.82) is 0 Å². The minimum Gasteiger partial charge on any atom is -0.396 e. The van der Waals surface area contributed by atoms with Crippen molar-refractivity contribution in [3.05, 3.63) is 0 Å². The first-order valence-corrected chi connectivity index (χ1v) is 6.80. The van der Waals surface area contributed by atoms with Crippen molar-refractivity contribution in [2.24, 2.45) is 11.3 Å². The highest BCUT2D eigenvalue weighted by Crippen LogP contribution is 2.31. The quantitative estimate of drug-likeness (QED) is 0.731. The van der Waals surface area contributed by atoms with Crippen LogP contribution >= 0.6 is 0 Å². The fourth-order valence-electron chi connectivity index (χ4n) is 2.54. The largest absolute Gasteiger partial charge is 0.396 e. The third kappa shape index (κ3) is 4.42. The molecule has 2 unspecified atom stereocenters. The highest BCUT2D eigenvalue weighted by atomic mass is 16.3. The molecule has 0 amide bonds. The van der Waals surface area contributed by atoms with Gasteiger partial charge in [0.2, 0.25) is 0 Å². The van der Waals surface area contributed by atoms with Gasteiger partial charge < -0.3 is 10.4 Å². The normalized spacial score (nSPS) is 21.6. The Bertz CT molecular complexity index is 193. The Morgan fingerprint density at radius 2 is 1.94 bits per heavy atom. The van der Waals surface area contributed by atoms with Crippen molar-refractivity contribution in [2.75, 3.05) is 6.61 Å². The van der Waals surface area contributed by atoms with Gasteiger partial charge in [0.05, 0.1) is 0 Å². The van der Waals surface area contributed by atoms with E-state index in [9.17, 15) is 0 Å². The van der Waals surface area contributed by atoms with E-state index >= 15 is 0 Å². The Morgan fingerprint density at radius 1 is 1.31 bits per heavy atom. The summed E-state index contributed by atoms with van der Waals surface area (Å²) >= 11 is 0. The van der Waals surface area contributed by atoms with Gasteiger partial charge in [0.1, 0.15) is 0 Å². The van der Waals surface area contributed by atoms with E-state index < -0.39 is 0 Å². The number of hydrogen-bond acceptors (Lipinski definition) is 2. The zero-order chi connectivity index (χ0) is 12.2. The third-order valence-corrected chi connectivity index (χ3v) is 3.86. The van der Waals surface area contributed by atoms with Gasteiger partial charge in [0.15, 0.2) is 0 Å². The molecule has 0 aromatic heterocycles. The molecule has 0 aliphatic heterocycles. The molecule has 1 aliphatic carbocycles. The van der Waals surface area contributed by atoms with E-state index in [1.165, 1.54) is 25.7 Å². The summed E-state index contributed by atoms with van der Waals surface area (Å²) in [7, 11) is 0. The molecule has 0 heterocycles. The van der Waals surface area contributed by atoms with Crippen LogP contribution in [0.2, 0.25) is 0 Å². The maximum atomic E-state index is 9.11. The van der Waals surface area contributed by atoms with Crippen LogP contribution in [0.5, 0.6) is 0 Å². The monoisotopic (exact) mass is 227 g/mol. The van der Waals surface area contributed by atoms with Crippen LogP contribution in [-0.2, 0) is 0 Å². The maximum Gasteiger partial charge on any atom is 0.0446 e. The van der Waals surface area contributed by atoms with Crippen molar-refractivity contribution in [2.45, 2.75) is 71.9 Å². The topological polar surface area (TPSA) is 32.3 Å². The third-order valence-electron chi connectivity index (χ3n) is 3.86. The molecule has 0 bridgehead atoms. The molecule has 2 N–H and O–H groups in total. The van der Waals surface area contributed by atoms with Crippen LogP contribution < -0.4 is 5.32 Å². The van der Waals surface area contributed by atoms with E-state index in [0.717, 1.165) is 12.3 Å². The SMILES string of the molecule is CC(CC1CCC1)NC(CCO)C(C)(C)C. The highest BCUT2D eigenvalue weighted by molar-refractivity contribution is 4.84. The predicted molar refractivity (Wildman–Crippen MR) is 69.5 cm³/mol. The Morgan fingerprint density at radius 3 is 2.31 bits per heavy atom. The van der Waals surface area contributed by atoms with Crippen LogP contribution in [0.4, 0.5) is 0 Å². The fraction of sp³-hybridized carbons (Fsp3) is 1.00. The zero-order valence-electron chi connectivity index (χ0n) is 11.4. The highest BCUT2D eigenvalue weighted by Gasteiger charge is 2.27. The summed E-state index contributed by atoms with van der Waals surface area (Å²) in [5.74, 6) is 0.956. The summed E-state index contributed by atoms with van der Waals surface area (Å²) in [5.41, 5.74) is 0.233. The van der Waals surface area contributed by atoms with Crippen LogP contribution in [0.3, 0.4) is 0 Å². The summed E-state index contributed by atoms with van der Waals surface area (Å²) in [4.78, 5) is 0. The lowest BCUT2D eigenvalue weighted by Gasteiger charge is -2.36. The van der Waals surface area contributed by atoms with Gasteiger partial charge in [0, 0.05) is 18.7 Å². The Balaban J connectivity index is 2.34. The van der Waals surface area contributed by atoms with Gasteiger partial charge in [0.25, 0.3) is 0 Å². The van der Waals surface area contributed by atoms with Crippen LogP contribution in [0.1, 0.15) is 59.8 Å². The van der Waals surface area contributed by atoms with Crippen molar-refractivity contribution >= 4 is 0 Å². The first-order chi connectivity index (χ1) is 7.43. The van der Waals surface area contributed by atoms with E-state index in [4.69, 9.17) is 5.11 Å². The molecule has 96 valence electrons. The lowest BCUT2D eigenvalue weighted by atomic mass is 9.80. The van der Waals surface area contributed by atoms with Gasteiger partial charge in [-0.2, -0.15) is 0 Å². The van der Waals surface area contributed by atoms with Crippen LogP contribution in [0.15, 0.2) is 0 Å². The van der Waals surface area contributed by atoms with E-state index in [2.05, 4.69) is 33.0 Å². The van der Waals surface area contributed by atoms with Crippen LogP contribution in [-0.4, -0.2) is 23.8 Å². The molecule has 1 aliphatic rings. The van der Waals surface area contributed by atoms with Gasteiger partial charge in [-0.3, -0.25) is 0 Å². The van der Waals surface area contributed by atoms with Crippen molar-refractivity contribution in [1.82, 2.24) is 5.32 Å². The summed E-state index contributed by atoms with van der Waals surface area (Å²) in [6.45, 7) is 9.31. The Labute approximate surface area is 101 Å². The molecule has 2 nitrogen and oxygen atoms in total. The summed E-state index contributed by atoms with van der Waals surface area (Å²) in [6.07, 6.45) is 6.44. The molecule has 2 heteroatoms. The average Bonchev–Trinajstić information content (AvgIpc) is 2.09. The molecule has 2 atom stereocenters. The molecule has 1 fully saturated rings. The van der Waals surface area contributed by atoms with Gasteiger partial charge in [-0.15, -0.1) is 0 Å². The molecule has 0 radical (unpaired) electrons. The summed E-state index contributed by atoms with van der Waals surface area (Å²) < 4.78 is 0. The van der Waals surface area contributed by atoms with Gasteiger partial charge >= 0.3 is 0 Å². The van der Waals surface area contributed by atoms with E-state index in [-0.39, 0.29) is 12.0 Å². The first kappa shape index (κ1) is 14.0. The molecule has 1 rings (SSSR count). The lowest BCUT2D eigenvalue weighted by Crippen LogP contribution is -2.46. The van der Waals surface area contributed by atoms with E-state index in [1.54, 1.807) is 0 Å². The second-order valence-corrected chi connectivity index (χ2v) is 6.53. The smallest absolute Gasteiger partial charge is 0.0446 e. The minimum atomic E-state index is 0.233. The molecular formula is C14H29NO. The maximum absolute atomic E-state index is 9.11. The lowest BCUT2D eigenvalue weighted by molar-refractivity contribution is 0.173. The number of rotatable bonds is 6. The fourth-order valence-corrected chi connectivity index (χ4v) is 2.54. The Kier molecular flexibility index (Phi) is 5.26. The first-order valence-electron chi connectivity index (χ1n) is 6.80. The minimum absolute atomic E-state index is 0.233. The molecule has 0 spiro atoms. The molecular weight excluding hydrogens is 198 g/mol. The molecule has 0 saturated heterocycles. The summed E-state index contributed by atoms with van der Waals surface area (Å²) in [6, 6.07) is 1.01. The van der Waals surface area contributed by atoms with Crippen molar-refractivity contribution in [3.8, 4) is 0 Å². The number of aliphatic hydroxyl groups is 1. The predicted octanol–water partition coefficient (Wildman–Crippen LogP) is 2.95. The number of hydrogen-bond donors (Lipinski definition) is 2. The van der Waals surface area contributed by atoms with Crippen LogP contribution in [0, 0.1) is 11.3 Å². The molecule has 0 aromatic rings. The Hall–Kier alpha value is -0.0800. The van der Waals surface area contributed by atoms with E-state index in [0.29, 0.717) is 12.1 Å². The van der Waals surface area contributed by atoms with E-state index in [1.807, 2.05) is 0 Å². The zero-order valence-corrected chi connectivity index (χ0v) is 11.4. The summed E-state index contributed by atoms with van der Waals surface area (Å²) in [5, 5.41) is 12.8. The molecule has 16 heavy (non-hydrogen) atoms. The second kappa shape index (κ2) is 6.02. The number of nitrogens with one attached hydrogen (secondary N) is 1. The average molecular weight is 227 g/mol. The molecule has 1 saturated carbocycles. The molecule has 0 aromatic carbocycles. The van der Waals surface area contributed by atoms with Crippen molar-refractivity contribution in [3.63, 3.8) is 0 Å². The number of aliphatic hydroxyl groups excluding tert-OH is 1. The van der Waals surface area contributed by atoms with Gasteiger partial charge in [-0.05, 0) is 31.1 Å². The van der Waals surface area contributed by atoms with Crippen LogP contribution in [0.25, 0.3) is 0 Å². The van der Waals surface area contributed by atoms with Crippen molar-refractivity contribution < 1.29 is 5.11 Å². The van der Waals surface area contributed by atoms with Gasteiger partial charge in [-0.1, -0.05) is 40.0 Å². The second-order valence-electron chi connectivity index (χ2n) is 6.53. The standard InChI is InChI=1S/C14H29NO/c1-11(10-12-6-5-7-12)15-13(8-9-16)14(2,3)4/h11-13,15-16H,5-10H2,1-4H3. The van der Waals surface area contributed by atoms with Gasteiger partial charge in [-0.25, -0.2) is 0 Å².